The molecular weight excluding hydrogens is 130 g/mol. The molecule has 0 bridgehead atoms. The maximum Gasteiger partial charge on any atom is 0.324 e. The topological polar surface area (TPSA) is 63.3 Å². The van der Waals surface area contributed by atoms with Crippen LogP contribution in [0.15, 0.2) is 12.7 Å². The monoisotopic (exact) mass is 137 g/mol. The van der Waals surface area contributed by atoms with Gasteiger partial charge in [-0.2, -0.15) is 0 Å². The molecule has 8 heavy (non-hydrogen) atoms. The lowest BCUT2D eigenvalue weighted by Gasteiger charge is -1.92. The van der Waals surface area contributed by atoms with E-state index in [-0.39, 0.29) is 12.4 Å². The number of carboxylic acids is 1. The van der Waals surface area contributed by atoms with Gasteiger partial charge in [-0.3, -0.25) is 4.79 Å². The second-order valence-corrected chi connectivity index (χ2v) is 1.10. The Morgan fingerprint density at radius 2 is 2.25 bits per heavy atom. The molecule has 48 valence electrons. The SMILES string of the molecule is C=C[C@@H](N)C(=O)O.Cl. The molecule has 0 unspecified atom stereocenters. The summed E-state index contributed by atoms with van der Waals surface area (Å²) in [6, 6.07) is -0.917. The third-order valence-electron chi connectivity index (χ3n) is 0.539. The van der Waals surface area contributed by atoms with Crippen molar-refractivity contribution >= 4 is 18.4 Å². The molecule has 0 fully saturated rings. The predicted octanol–water partition coefficient (Wildman–Crippen LogP) is 0.00610. The highest BCUT2D eigenvalue weighted by Crippen LogP contribution is 1.74. The molecule has 0 aliphatic heterocycles. The van der Waals surface area contributed by atoms with Crippen molar-refractivity contribution in [1.82, 2.24) is 0 Å². The summed E-state index contributed by atoms with van der Waals surface area (Å²) in [5, 5.41) is 7.99. The molecule has 0 aliphatic rings. The highest BCUT2D eigenvalue weighted by molar-refractivity contribution is 5.85. The average molecular weight is 138 g/mol. The minimum Gasteiger partial charge on any atom is -0.480 e. The molecule has 3 N–H and O–H groups in total. The van der Waals surface area contributed by atoms with Crippen molar-refractivity contribution < 1.29 is 9.90 Å². The van der Waals surface area contributed by atoms with E-state index in [1.54, 1.807) is 0 Å². The fraction of sp³-hybridized carbons (Fsp3) is 0.250. The molecule has 0 saturated carbocycles. The molecule has 4 heteroatoms. The third-order valence-corrected chi connectivity index (χ3v) is 0.539. The lowest BCUT2D eigenvalue weighted by atomic mass is 10.3. The fourth-order valence-corrected chi connectivity index (χ4v) is 0.101. The summed E-state index contributed by atoms with van der Waals surface area (Å²) in [6.07, 6.45) is 1.17. The smallest absolute Gasteiger partial charge is 0.324 e. The molecule has 0 aromatic carbocycles. The Balaban J connectivity index is 0. The van der Waals surface area contributed by atoms with Gasteiger partial charge in [0.15, 0.2) is 0 Å². The van der Waals surface area contributed by atoms with Crippen molar-refractivity contribution in [3.05, 3.63) is 12.7 Å². The number of carboxylic acid groups (broad SMARTS) is 1. The summed E-state index contributed by atoms with van der Waals surface area (Å²) in [6.45, 7) is 3.18. The Morgan fingerprint density at radius 1 is 1.88 bits per heavy atom. The van der Waals surface area contributed by atoms with Crippen molar-refractivity contribution in [1.29, 1.82) is 0 Å². The summed E-state index contributed by atoms with van der Waals surface area (Å²) >= 11 is 0. The second-order valence-electron chi connectivity index (χ2n) is 1.10. The molecule has 3 nitrogen and oxygen atoms in total. The summed E-state index contributed by atoms with van der Waals surface area (Å²) < 4.78 is 0. The van der Waals surface area contributed by atoms with E-state index in [4.69, 9.17) is 10.8 Å². The molecule has 0 saturated heterocycles. The van der Waals surface area contributed by atoms with E-state index in [0.29, 0.717) is 0 Å². The van der Waals surface area contributed by atoms with E-state index >= 15 is 0 Å². The van der Waals surface area contributed by atoms with Crippen molar-refractivity contribution in [3.8, 4) is 0 Å². The summed E-state index contributed by atoms with van der Waals surface area (Å²) in [5.41, 5.74) is 4.90. The molecule has 0 heterocycles. The van der Waals surface area contributed by atoms with Gasteiger partial charge in [0.1, 0.15) is 6.04 Å². The summed E-state index contributed by atoms with van der Waals surface area (Å²) in [7, 11) is 0. The maximum absolute atomic E-state index is 9.73. The van der Waals surface area contributed by atoms with Crippen LogP contribution in [0.5, 0.6) is 0 Å². The van der Waals surface area contributed by atoms with Crippen LogP contribution in [0.25, 0.3) is 0 Å². The first kappa shape index (κ1) is 10.4. The van der Waals surface area contributed by atoms with Crippen LogP contribution >= 0.6 is 12.4 Å². The first-order chi connectivity index (χ1) is 3.18. The minimum atomic E-state index is -1.05. The normalized spacial score (nSPS) is 11.1. The molecule has 1 atom stereocenters. The zero-order valence-electron chi connectivity index (χ0n) is 4.20. The van der Waals surface area contributed by atoms with E-state index in [1.807, 2.05) is 0 Å². The number of halogens is 1. The molecular formula is C4H8ClNO2. The lowest BCUT2D eigenvalue weighted by Crippen LogP contribution is -2.26. The van der Waals surface area contributed by atoms with Gasteiger partial charge >= 0.3 is 5.97 Å². The van der Waals surface area contributed by atoms with Crippen molar-refractivity contribution in [3.63, 3.8) is 0 Å². The fourth-order valence-electron chi connectivity index (χ4n) is 0.101. The zero-order valence-corrected chi connectivity index (χ0v) is 5.02. The van der Waals surface area contributed by atoms with Gasteiger partial charge < -0.3 is 10.8 Å². The van der Waals surface area contributed by atoms with Crippen LogP contribution in [0.1, 0.15) is 0 Å². The highest BCUT2D eigenvalue weighted by Gasteiger charge is 2.02. The molecule has 0 aromatic heterocycles. The van der Waals surface area contributed by atoms with Crippen molar-refractivity contribution in [2.45, 2.75) is 6.04 Å². The third kappa shape index (κ3) is 3.64. The number of nitrogens with two attached hydrogens (primary N) is 1. The van der Waals surface area contributed by atoms with Gasteiger partial charge in [-0.15, -0.1) is 19.0 Å². The Bertz CT molecular complexity index is 94.0. The molecule has 0 rings (SSSR count). The van der Waals surface area contributed by atoms with Crippen LogP contribution in [-0.2, 0) is 4.79 Å². The zero-order chi connectivity index (χ0) is 5.86. The van der Waals surface area contributed by atoms with Crippen LogP contribution in [-0.4, -0.2) is 17.1 Å². The quantitative estimate of drug-likeness (QED) is 0.527. The molecule has 0 radical (unpaired) electrons. The Morgan fingerprint density at radius 3 is 2.25 bits per heavy atom. The van der Waals surface area contributed by atoms with Crippen LogP contribution < -0.4 is 5.73 Å². The summed E-state index contributed by atoms with van der Waals surface area (Å²) in [5.74, 6) is -1.05. The Kier molecular flexibility index (Phi) is 6.02. The van der Waals surface area contributed by atoms with Crippen molar-refractivity contribution in [2.75, 3.05) is 0 Å². The van der Waals surface area contributed by atoms with Gasteiger partial charge in [0.05, 0.1) is 0 Å². The highest BCUT2D eigenvalue weighted by atomic mass is 35.5. The van der Waals surface area contributed by atoms with E-state index in [0.717, 1.165) is 0 Å². The van der Waals surface area contributed by atoms with Crippen LogP contribution in [0.2, 0.25) is 0 Å². The average Bonchev–Trinajstić information content (AvgIpc) is 1.65. The Labute approximate surface area is 53.6 Å². The summed E-state index contributed by atoms with van der Waals surface area (Å²) in [4.78, 5) is 9.73. The van der Waals surface area contributed by atoms with E-state index in [9.17, 15) is 4.79 Å². The number of carbonyl (C=O) groups is 1. The minimum absolute atomic E-state index is 0. The van der Waals surface area contributed by atoms with E-state index in [1.165, 1.54) is 6.08 Å². The molecule has 0 spiro atoms. The lowest BCUT2D eigenvalue weighted by molar-refractivity contribution is -0.137. The predicted molar refractivity (Wildman–Crippen MR) is 33.1 cm³/mol. The number of hydrogen-bond acceptors (Lipinski definition) is 2. The Hall–Kier alpha value is -0.540. The van der Waals surface area contributed by atoms with E-state index < -0.39 is 12.0 Å². The van der Waals surface area contributed by atoms with Crippen molar-refractivity contribution in [2.24, 2.45) is 5.73 Å². The van der Waals surface area contributed by atoms with Crippen LogP contribution in [0.3, 0.4) is 0 Å². The number of rotatable bonds is 2. The maximum atomic E-state index is 9.73. The van der Waals surface area contributed by atoms with Gasteiger partial charge in [0.25, 0.3) is 0 Å². The largest absolute Gasteiger partial charge is 0.480 e. The standard InChI is InChI=1S/C4H7NO2.ClH/c1-2-3(5)4(6)7;/h2-3H,1,5H2,(H,6,7);1H/t3-;/m1./s1. The first-order valence-corrected chi connectivity index (χ1v) is 1.79. The molecule has 0 amide bonds. The van der Waals surface area contributed by atoms with Gasteiger partial charge in [-0.05, 0) is 0 Å². The molecule has 0 aromatic rings. The van der Waals surface area contributed by atoms with Gasteiger partial charge in [-0.25, -0.2) is 0 Å². The van der Waals surface area contributed by atoms with Gasteiger partial charge in [0.2, 0.25) is 0 Å². The first-order valence-electron chi connectivity index (χ1n) is 1.79. The van der Waals surface area contributed by atoms with Crippen LogP contribution in [0, 0.1) is 0 Å². The van der Waals surface area contributed by atoms with E-state index in [2.05, 4.69) is 6.58 Å². The van der Waals surface area contributed by atoms with Gasteiger partial charge in [-0.1, -0.05) is 6.08 Å². The van der Waals surface area contributed by atoms with Crippen LogP contribution in [0.4, 0.5) is 0 Å². The number of aliphatic carboxylic acids is 1. The van der Waals surface area contributed by atoms with Gasteiger partial charge in [0, 0.05) is 0 Å². The number of hydrogen-bond donors (Lipinski definition) is 2. The molecule has 0 aliphatic carbocycles. The second kappa shape index (κ2) is 4.61.